The number of hydrogen-bond donors (Lipinski definition) is 3. The summed E-state index contributed by atoms with van der Waals surface area (Å²) in [6.45, 7) is 0.423. The van der Waals surface area contributed by atoms with E-state index in [0.29, 0.717) is 17.8 Å². The zero-order valence-electron chi connectivity index (χ0n) is 15.7. The third-order valence-corrected chi connectivity index (χ3v) is 4.38. The molecule has 5 nitrogen and oxygen atoms in total. The van der Waals surface area contributed by atoms with Crippen LogP contribution >= 0.6 is 12.2 Å². The van der Waals surface area contributed by atoms with Crippen LogP contribution in [0.1, 0.15) is 21.5 Å². The number of carbonyl (C=O) groups excluding carboxylic acids is 2. The van der Waals surface area contributed by atoms with Crippen molar-refractivity contribution < 1.29 is 9.59 Å². The summed E-state index contributed by atoms with van der Waals surface area (Å²) in [7, 11) is 0. The van der Waals surface area contributed by atoms with E-state index in [1.807, 2.05) is 60.7 Å². The molecular weight excluding hydrogens is 382 g/mol. The van der Waals surface area contributed by atoms with Gasteiger partial charge in [0, 0.05) is 6.54 Å². The van der Waals surface area contributed by atoms with Crippen LogP contribution in [0.15, 0.2) is 84.9 Å². The maximum Gasteiger partial charge on any atom is 0.253 e. The predicted molar refractivity (Wildman–Crippen MR) is 119 cm³/mol. The highest BCUT2D eigenvalue weighted by molar-refractivity contribution is 7.80. The van der Waals surface area contributed by atoms with Crippen LogP contribution in [-0.4, -0.2) is 16.9 Å². The van der Waals surface area contributed by atoms with Crippen molar-refractivity contribution in [1.82, 2.24) is 10.6 Å². The third kappa shape index (κ3) is 6.26. The van der Waals surface area contributed by atoms with Gasteiger partial charge in [-0.15, -0.1) is 0 Å². The molecule has 3 rings (SSSR count). The molecule has 3 aromatic rings. The molecule has 0 heterocycles. The van der Waals surface area contributed by atoms with Gasteiger partial charge < -0.3 is 16.0 Å². The maximum atomic E-state index is 12.6. The Morgan fingerprint density at radius 3 is 2.03 bits per heavy atom. The Bertz CT molecular complexity index is 991. The van der Waals surface area contributed by atoms with Crippen molar-refractivity contribution in [3.63, 3.8) is 0 Å². The fourth-order valence-electron chi connectivity index (χ4n) is 2.77. The molecule has 0 atom stereocenters. The molecule has 0 aromatic heterocycles. The van der Waals surface area contributed by atoms with Crippen molar-refractivity contribution in [3.05, 3.63) is 102 Å². The van der Waals surface area contributed by atoms with Crippen molar-refractivity contribution in [2.24, 2.45) is 0 Å². The largest absolute Gasteiger partial charge is 0.348 e. The molecule has 3 aromatic carbocycles. The molecule has 3 N–H and O–H groups in total. The highest BCUT2D eigenvalue weighted by atomic mass is 32.1. The number of thiocarbonyl (C=S) groups is 1. The van der Waals surface area contributed by atoms with Gasteiger partial charge in [0.2, 0.25) is 5.91 Å². The summed E-state index contributed by atoms with van der Waals surface area (Å²) in [6.07, 6.45) is 0.224. The standard InChI is InChI=1S/C23H21N3O2S/c27-21(15-17-9-3-1-4-10-17)26-23(29)25-20-14-8-7-13-19(20)22(28)24-16-18-11-5-2-6-12-18/h1-14H,15-16H2,(H,24,28)(H2,25,26,27,29). The summed E-state index contributed by atoms with van der Waals surface area (Å²) in [6, 6.07) is 26.1. The second kappa shape index (κ2) is 10.1. The van der Waals surface area contributed by atoms with Crippen molar-refractivity contribution >= 4 is 34.8 Å². The average Bonchev–Trinajstić information content (AvgIpc) is 2.73. The van der Waals surface area contributed by atoms with E-state index in [1.54, 1.807) is 24.3 Å². The first kappa shape index (κ1) is 20.2. The topological polar surface area (TPSA) is 70.2 Å². The van der Waals surface area contributed by atoms with Crippen LogP contribution in [0, 0.1) is 0 Å². The molecule has 0 unspecified atom stereocenters. The van der Waals surface area contributed by atoms with Crippen molar-refractivity contribution in [1.29, 1.82) is 0 Å². The van der Waals surface area contributed by atoms with Gasteiger partial charge >= 0.3 is 0 Å². The number of benzene rings is 3. The lowest BCUT2D eigenvalue weighted by atomic mass is 10.1. The van der Waals surface area contributed by atoms with Gasteiger partial charge in [-0.25, -0.2) is 0 Å². The summed E-state index contributed by atoms with van der Waals surface area (Å²) in [5.41, 5.74) is 2.88. The number of hydrogen-bond acceptors (Lipinski definition) is 3. The molecule has 0 aliphatic carbocycles. The van der Waals surface area contributed by atoms with Gasteiger partial charge in [0.05, 0.1) is 17.7 Å². The van der Waals surface area contributed by atoms with E-state index in [-0.39, 0.29) is 23.3 Å². The highest BCUT2D eigenvalue weighted by Gasteiger charge is 2.13. The first-order valence-electron chi connectivity index (χ1n) is 9.18. The number of rotatable bonds is 6. The van der Waals surface area contributed by atoms with Crippen LogP contribution in [0.3, 0.4) is 0 Å². The first-order chi connectivity index (χ1) is 14.1. The van der Waals surface area contributed by atoms with E-state index in [4.69, 9.17) is 12.2 Å². The lowest BCUT2D eigenvalue weighted by molar-refractivity contribution is -0.119. The summed E-state index contributed by atoms with van der Waals surface area (Å²) < 4.78 is 0. The van der Waals surface area contributed by atoms with Gasteiger partial charge in [-0.3, -0.25) is 9.59 Å². The van der Waals surface area contributed by atoms with Gasteiger partial charge in [0.15, 0.2) is 5.11 Å². The number of para-hydroxylation sites is 1. The zero-order chi connectivity index (χ0) is 20.5. The molecule has 0 saturated carbocycles. The van der Waals surface area contributed by atoms with E-state index in [1.165, 1.54) is 0 Å². The van der Waals surface area contributed by atoms with Gasteiger partial charge in [0.1, 0.15) is 0 Å². The van der Waals surface area contributed by atoms with Gasteiger partial charge in [-0.1, -0.05) is 72.8 Å². The molecule has 0 radical (unpaired) electrons. The highest BCUT2D eigenvalue weighted by Crippen LogP contribution is 2.15. The van der Waals surface area contributed by atoms with E-state index in [2.05, 4.69) is 16.0 Å². The molecule has 146 valence electrons. The smallest absolute Gasteiger partial charge is 0.253 e. The van der Waals surface area contributed by atoms with E-state index < -0.39 is 0 Å². The molecule has 6 heteroatoms. The summed E-state index contributed by atoms with van der Waals surface area (Å²) in [5, 5.41) is 8.64. The van der Waals surface area contributed by atoms with Crippen LogP contribution in [0.5, 0.6) is 0 Å². The molecule has 0 saturated heterocycles. The molecule has 0 aliphatic heterocycles. The Kier molecular flexibility index (Phi) is 7.08. The molecular formula is C23H21N3O2S. The predicted octanol–water partition coefficient (Wildman–Crippen LogP) is 3.67. The minimum atomic E-state index is -0.227. The van der Waals surface area contributed by atoms with Crippen LogP contribution < -0.4 is 16.0 Å². The Morgan fingerprint density at radius 1 is 0.759 bits per heavy atom. The van der Waals surface area contributed by atoms with Gasteiger partial charge in [0.25, 0.3) is 5.91 Å². The van der Waals surface area contributed by atoms with Crippen LogP contribution in [0.25, 0.3) is 0 Å². The Balaban J connectivity index is 1.58. The van der Waals surface area contributed by atoms with Gasteiger partial charge in [-0.2, -0.15) is 0 Å². The second-order valence-corrected chi connectivity index (χ2v) is 6.79. The number of amides is 2. The molecule has 0 bridgehead atoms. The SMILES string of the molecule is O=C(Cc1ccccc1)NC(=S)Nc1ccccc1C(=O)NCc1ccccc1. The number of carbonyl (C=O) groups is 2. The van der Waals surface area contributed by atoms with Crippen LogP contribution in [0.2, 0.25) is 0 Å². The number of anilines is 1. The lowest BCUT2D eigenvalue weighted by Gasteiger charge is -2.13. The monoisotopic (exact) mass is 403 g/mol. The Morgan fingerprint density at radius 2 is 1.34 bits per heavy atom. The third-order valence-electron chi connectivity index (χ3n) is 4.18. The maximum absolute atomic E-state index is 12.6. The van der Waals surface area contributed by atoms with Gasteiger partial charge in [-0.05, 0) is 35.5 Å². The average molecular weight is 404 g/mol. The fourth-order valence-corrected chi connectivity index (χ4v) is 2.99. The van der Waals surface area contributed by atoms with Crippen molar-refractivity contribution in [2.75, 3.05) is 5.32 Å². The normalized spacial score (nSPS) is 10.1. The minimum absolute atomic E-state index is 0.147. The van der Waals surface area contributed by atoms with Crippen LogP contribution in [0.4, 0.5) is 5.69 Å². The summed E-state index contributed by atoms with van der Waals surface area (Å²) in [5.74, 6) is -0.449. The first-order valence-corrected chi connectivity index (χ1v) is 9.58. The Labute approximate surface area is 175 Å². The molecule has 0 fully saturated rings. The molecule has 2 amide bonds. The minimum Gasteiger partial charge on any atom is -0.348 e. The Hall–Kier alpha value is -3.51. The fraction of sp³-hybridized carbons (Fsp3) is 0.0870. The summed E-state index contributed by atoms with van der Waals surface area (Å²) >= 11 is 5.24. The quantitative estimate of drug-likeness (QED) is 0.549. The van der Waals surface area contributed by atoms with E-state index >= 15 is 0 Å². The van der Waals surface area contributed by atoms with E-state index in [0.717, 1.165) is 11.1 Å². The molecule has 0 aliphatic rings. The van der Waals surface area contributed by atoms with Crippen molar-refractivity contribution in [2.45, 2.75) is 13.0 Å². The second-order valence-electron chi connectivity index (χ2n) is 6.38. The van der Waals surface area contributed by atoms with Crippen LogP contribution in [-0.2, 0) is 17.8 Å². The number of nitrogens with one attached hydrogen (secondary N) is 3. The zero-order valence-corrected chi connectivity index (χ0v) is 16.5. The lowest BCUT2D eigenvalue weighted by Crippen LogP contribution is -2.35. The van der Waals surface area contributed by atoms with E-state index in [9.17, 15) is 9.59 Å². The molecule has 0 spiro atoms. The van der Waals surface area contributed by atoms with Crippen molar-refractivity contribution in [3.8, 4) is 0 Å². The summed E-state index contributed by atoms with van der Waals surface area (Å²) in [4.78, 5) is 24.8. The molecule has 29 heavy (non-hydrogen) atoms.